The number of amides is 2. The fraction of sp³-hybridized carbons (Fsp3) is 0.818. The van der Waals surface area contributed by atoms with E-state index in [1.165, 1.54) is 4.90 Å². The highest BCUT2D eigenvalue weighted by Crippen LogP contribution is 2.23. The summed E-state index contributed by atoms with van der Waals surface area (Å²) < 4.78 is 5.20. The molecule has 0 atom stereocenters. The minimum Gasteiger partial charge on any atom is -0.444 e. The smallest absolute Gasteiger partial charge is 0.410 e. The highest BCUT2D eigenvalue weighted by molar-refractivity contribution is 5.83. The average Bonchev–Trinajstić information content (AvgIpc) is 2.15. The molecule has 3 N–H and O–H groups in total. The maximum atomic E-state index is 11.7. The third kappa shape index (κ3) is 3.59. The van der Waals surface area contributed by atoms with E-state index in [2.05, 4.69) is 0 Å². The number of carbonyl (C=O) groups excluding carboxylic acids is 2. The molecule has 6 nitrogen and oxygen atoms in total. The van der Waals surface area contributed by atoms with E-state index in [1.54, 1.807) is 20.8 Å². The molecule has 1 heterocycles. The lowest BCUT2D eigenvalue weighted by atomic mass is 9.91. The fourth-order valence-corrected chi connectivity index (χ4v) is 1.63. The van der Waals surface area contributed by atoms with E-state index in [1.807, 2.05) is 0 Å². The van der Waals surface area contributed by atoms with Gasteiger partial charge < -0.3 is 20.5 Å². The molecule has 0 bridgehead atoms. The van der Waals surface area contributed by atoms with Gasteiger partial charge in [-0.15, -0.1) is 0 Å². The van der Waals surface area contributed by atoms with Gasteiger partial charge in [-0.3, -0.25) is 4.79 Å². The number of nitrogens with zero attached hydrogens (tertiary/aromatic N) is 1. The van der Waals surface area contributed by atoms with Gasteiger partial charge in [0.1, 0.15) is 11.2 Å². The summed E-state index contributed by atoms with van der Waals surface area (Å²) in [5, 5.41) is 9.83. The molecule has 1 fully saturated rings. The quantitative estimate of drug-likeness (QED) is 0.690. The molecule has 0 aromatic rings. The Labute approximate surface area is 101 Å². The average molecular weight is 244 g/mol. The van der Waals surface area contributed by atoms with Gasteiger partial charge in [-0.1, -0.05) is 0 Å². The Balaban J connectivity index is 2.53. The molecule has 6 heteroatoms. The molecule has 17 heavy (non-hydrogen) atoms. The van der Waals surface area contributed by atoms with Crippen LogP contribution >= 0.6 is 0 Å². The van der Waals surface area contributed by atoms with Gasteiger partial charge in [0.25, 0.3) is 0 Å². The van der Waals surface area contributed by atoms with Crippen molar-refractivity contribution in [3.8, 4) is 0 Å². The molecule has 1 aliphatic rings. The number of aliphatic hydroxyl groups is 1. The molecule has 1 rings (SSSR count). The van der Waals surface area contributed by atoms with Crippen molar-refractivity contribution in [3.63, 3.8) is 0 Å². The van der Waals surface area contributed by atoms with Crippen LogP contribution in [0.1, 0.15) is 33.6 Å². The molecular formula is C11H20N2O4. The van der Waals surface area contributed by atoms with Gasteiger partial charge in [0.2, 0.25) is 5.91 Å². The number of likely N-dealkylation sites (tertiary alicyclic amines) is 1. The van der Waals surface area contributed by atoms with Crippen LogP contribution in [0, 0.1) is 0 Å². The Morgan fingerprint density at radius 2 is 1.76 bits per heavy atom. The number of ether oxygens (including phenoxy) is 1. The number of primary amides is 1. The summed E-state index contributed by atoms with van der Waals surface area (Å²) in [4.78, 5) is 24.2. The summed E-state index contributed by atoms with van der Waals surface area (Å²) in [5.41, 5.74) is 3.07. The number of hydrogen-bond donors (Lipinski definition) is 2. The van der Waals surface area contributed by atoms with Crippen LogP contribution in [0.15, 0.2) is 0 Å². The molecule has 98 valence electrons. The molecule has 1 aliphatic heterocycles. The number of carbonyl (C=O) groups is 2. The molecule has 0 aromatic heterocycles. The molecule has 0 unspecified atom stereocenters. The minimum atomic E-state index is -1.49. The summed E-state index contributed by atoms with van der Waals surface area (Å²) in [7, 11) is 0. The van der Waals surface area contributed by atoms with Gasteiger partial charge in [0.05, 0.1) is 0 Å². The van der Waals surface area contributed by atoms with Gasteiger partial charge in [-0.05, 0) is 20.8 Å². The monoisotopic (exact) mass is 244 g/mol. The maximum Gasteiger partial charge on any atom is 0.410 e. The van der Waals surface area contributed by atoms with Crippen molar-refractivity contribution in [1.82, 2.24) is 4.90 Å². The molecule has 0 spiro atoms. The number of rotatable bonds is 1. The predicted molar refractivity (Wildman–Crippen MR) is 61.2 cm³/mol. The second-order valence-corrected chi connectivity index (χ2v) is 5.36. The number of piperidine rings is 1. The normalized spacial score (nSPS) is 19.9. The van der Waals surface area contributed by atoms with Gasteiger partial charge in [0.15, 0.2) is 0 Å². The van der Waals surface area contributed by atoms with Gasteiger partial charge >= 0.3 is 6.09 Å². The minimum absolute atomic E-state index is 0.154. The van der Waals surface area contributed by atoms with E-state index < -0.39 is 23.2 Å². The summed E-state index contributed by atoms with van der Waals surface area (Å²) in [6, 6.07) is 0. The van der Waals surface area contributed by atoms with Crippen LogP contribution in [-0.2, 0) is 9.53 Å². The van der Waals surface area contributed by atoms with Crippen LogP contribution in [-0.4, -0.2) is 46.3 Å². The molecule has 2 amide bonds. The first-order valence-corrected chi connectivity index (χ1v) is 5.64. The van der Waals surface area contributed by atoms with Crippen LogP contribution in [0.4, 0.5) is 4.79 Å². The Kier molecular flexibility index (Phi) is 3.66. The van der Waals surface area contributed by atoms with E-state index in [-0.39, 0.29) is 25.9 Å². The third-order valence-corrected chi connectivity index (χ3v) is 2.70. The predicted octanol–water partition coefficient (Wildman–Crippen LogP) is 0.234. The first kappa shape index (κ1) is 13.8. The topological polar surface area (TPSA) is 92.9 Å². The lowest BCUT2D eigenvalue weighted by molar-refractivity contribution is -0.141. The van der Waals surface area contributed by atoms with Crippen molar-refractivity contribution >= 4 is 12.0 Å². The molecule has 0 saturated carbocycles. The molecule has 0 aromatic carbocycles. The zero-order chi connectivity index (χ0) is 13.3. The zero-order valence-corrected chi connectivity index (χ0v) is 10.5. The SMILES string of the molecule is CC(C)(C)OC(=O)N1CCC(O)(C(N)=O)CC1. The summed E-state index contributed by atoms with van der Waals surface area (Å²) >= 11 is 0. The highest BCUT2D eigenvalue weighted by atomic mass is 16.6. The Hall–Kier alpha value is -1.30. The first-order chi connectivity index (χ1) is 7.64. The van der Waals surface area contributed by atoms with Crippen molar-refractivity contribution in [3.05, 3.63) is 0 Å². The lowest BCUT2D eigenvalue weighted by Crippen LogP contribution is -2.53. The van der Waals surface area contributed by atoms with Crippen molar-refractivity contribution in [1.29, 1.82) is 0 Å². The summed E-state index contributed by atoms with van der Waals surface area (Å²) in [6.07, 6.45) is -0.118. The fourth-order valence-electron chi connectivity index (χ4n) is 1.63. The van der Waals surface area contributed by atoms with E-state index in [9.17, 15) is 14.7 Å². The van der Waals surface area contributed by atoms with E-state index in [0.717, 1.165) is 0 Å². The zero-order valence-electron chi connectivity index (χ0n) is 10.5. The second kappa shape index (κ2) is 4.52. The molecule has 0 radical (unpaired) electrons. The van der Waals surface area contributed by atoms with Crippen LogP contribution in [0.25, 0.3) is 0 Å². The van der Waals surface area contributed by atoms with Gasteiger partial charge in [-0.25, -0.2) is 4.79 Å². The van der Waals surface area contributed by atoms with Crippen molar-refractivity contribution in [2.24, 2.45) is 5.73 Å². The Morgan fingerprint density at radius 1 is 1.29 bits per heavy atom. The summed E-state index contributed by atoms with van der Waals surface area (Å²) in [5.74, 6) is -0.735. The first-order valence-electron chi connectivity index (χ1n) is 5.64. The van der Waals surface area contributed by atoms with Crippen LogP contribution in [0.5, 0.6) is 0 Å². The van der Waals surface area contributed by atoms with Gasteiger partial charge in [0, 0.05) is 25.9 Å². The lowest BCUT2D eigenvalue weighted by Gasteiger charge is -2.36. The molecule has 0 aliphatic carbocycles. The largest absolute Gasteiger partial charge is 0.444 e. The molecular weight excluding hydrogens is 224 g/mol. The highest BCUT2D eigenvalue weighted by Gasteiger charge is 2.39. The standard InChI is InChI=1S/C11H20N2O4/c1-10(2,3)17-9(15)13-6-4-11(16,5-7-13)8(12)14/h16H,4-7H2,1-3H3,(H2,12,14). The third-order valence-electron chi connectivity index (χ3n) is 2.70. The number of nitrogens with two attached hydrogens (primary N) is 1. The van der Waals surface area contributed by atoms with E-state index in [4.69, 9.17) is 10.5 Å². The van der Waals surface area contributed by atoms with Crippen LogP contribution < -0.4 is 5.73 Å². The summed E-state index contributed by atoms with van der Waals surface area (Å²) in [6.45, 7) is 5.90. The van der Waals surface area contributed by atoms with Crippen LogP contribution in [0.2, 0.25) is 0 Å². The van der Waals surface area contributed by atoms with E-state index in [0.29, 0.717) is 0 Å². The Morgan fingerprint density at radius 3 is 2.12 bits per heavy atom. The van der Waals surface area contributed by atoms with Crippen molar-refractivity contribution in [2.75, 3.05) is 13.1 Å². The van der Waals surface area contributed by atoms with Gasteiger partial charge in [-0.2, -0.15) is 0 Å². The number of hydrogen-bond acceptors (Lipinski definition) is 4. The molecule has 1 saturated heterocycles. The van der Waals surface area contributed by atoms with Crippen LogP contribution in [0.3, 0.4) is 0 Å². The second-order valence-electron chi connectivity index (χ2n) is 5.36. The van der Waals surface area contributed by atoms with Crippen molar-refractivity contribution in [2.45, 2.75) is 44.8 Å². The van der Waals surface area contributed by atoms with Crippen molar-refractivity contribution < 1.29 is 19.4 Å². The maximum absolute atomic E-state index is 11.7. The Bertz CT molecular complexity index is 314. The van der Waals surface area contributed by atoms with E-state index >= 15 is 0 Å².